The second-order valence-electron chi connectivity index (χ2n) is 8.44. The van der Waals surface area contributed by atoms with Gasteiger partial charge in [-0.1, -0.05) is 0 Å². The van der Waals surface area contributed by atoms with Crippen LogP contribution < -0.4 is 4.90 Å². The molecule has 30 heavy (non-hydrogen) atoms. The first-order valence-electron chi connectivity index (χ1n) is 11.0. The number of aliphatic hydroxyl groups excluding tert-OH is 1. The van der Waals surface area contributed by atoms with Crippen molar-refractivity contribution in [3.63, 3.8) is 0 Å². The van der Waals surface area contributed by atoms with Crippen molar-refractivity contribution in [1.29, 1.82) is 0 Å². The van der Waals surface area contributed by atoms with Crippen molar-refractivity contribution in [3.8, 4) is 0 Å². The maximum absolute atomic E-state index is 13.3. The summed E-state index contributed by atoms with van der Waals surface area (Å²) in [7, 11) is 0. The molecule has 3 fully saturated rings. The van der Waals surface area contributed by atoms with Gasteiger partial charge in [0.25, 0.3) is 0 Å². The number of nitrogens with zero attached hydrogens (tertiary/aromatic N) is 2. The number of piperidine rings is 2. The van der Waals surface area contributed by atoms with Crippen LogP contribution in [0.2, 0.25) is 0 Å². The van der Waals surface area contributed by atoms with Crippen LogP contribution >= 0.6 is 23.1 Å². The van der Waals surface area contributed by atoms with Crippen LogP contribution in [0, 0.1) is 0 Å². The molecule has 1 aliphatic carbocycles. The second-order valence-corrected chi connectivity index (χ2v) is 10.6. The molecule has 2 atom stereocenters. The van der Waals surface area contributed by atoms with Crippen LogP contribution in [0.4, 0.5) is 5.00 Å². The van der Waals surface area contributed by atoms with E-state index >= 15 is 0 Å². The van der Waals surface area contributed by atoms with Gasteiger partial charge in [0, 0.05) is 41.8 Å². The Hall–Kier alpha value is -1.70. The van der Waals surface area contributed by atoms with Crippen molar-refractivity contribution in [2.24, 2.45) is 0 Å². The van der Waals surface area contributed by atoms with Gasteiger partial charge in [0.05, 0.1) is 16.5 Å². The third-order valence-corrected chi connectivity index (χ3v) is 8.85. The lowest BCUT2D eigenvalue weighted by molar-refractivity contribution is -0.534. The molecule has 0 spiro atoms. The Morgan fingerprint density at radius 2 is 1.67 bits per heavy atom. The number of ketones is 2. The van der Waals surface area contributed by atoms with Gasteiger partial charge in [0.2, 0.25) is 5.04 Å². The molecule has 0 radical (unpaired) electrons. The summed E-state index contributed by atoms with van der Waals surface area (Å²) in [5.41, 5.74) is 0.189. The zero-order valence-electron chi connectivity index (χ0n) is 17.0. The Labute approximate surface area is 185 Å². The summed E-state index contributed by atoms with van der Waals surface area (Å²) in [6.45, 7) is 4.12. The molecule has 1 aromatic rings. The van der Waals surface area contributed by atoms with E-state index in [4.69, 9.17) is 0 Å². The molecule has 0 amide bonds. The SMILES string of the molecule is O=C1C(=C2C=CC(=[N+]3CCCCC3)S2)C(=O)C(c2ccc(N3CCCCC3)s2)C1O. The largest absolute Gasteiger partial charge is 0.384 e. The van der Waals surface area contributed by atoms with Gasteiger partial charge in [-0.05, 0) is 55.7 Å². The van der Waals surface area contributed by atoms with Gasteiger partial charge in [0.15, 0.2) is 11.6 Å². The summed E-state index contributed by atoms with van der Waals surface area (Å²) in [5.74, 6) is -1.42. The highest BCUT2D eigenvalue weighted by Gasteiger charge is 2.48. The maximum atomic E-state index is 13.3. The van der Waals surface area contributed by atoms with Crippen LogP contribution in [0.15, 0.2) is 34.8 Å². The van der Waals surface area contributed by atoms with Crippen molar-refractivity contribution in [1.82, 2.24) is 0 Å². The first-order valence-corrected chi connectivity index (χ1v) is 12.6. The summed E-state index contributed by atoms with van der Waals surface area (Å²) in [6.07, 6.45) is 9.87. The van der Waals surface area contributed by atoms with Gasteiger partial charge in [-0.25, -0.2) is 4.58 Å². The average molecular weight is 444 g/mol. The van der Waals surface area contributed by atoms with Crippen LogP contribution in [0.3, 0.4) is 0 Å². The van der Waals surface area contributed by atoms with Gasteiger partial charge in [-0.2, -0.15) is 0 Å². The van der Waals surface area contributed by atoms with Gasteiger partial charge >= 0.3 is 0 Å². The quantitative estimate of drug-likeness (QED) is 0.431. The molecule has 4 heterocycles. The standard InChI is InChI=1S/C23H27N2O3S2/c26-21-19(15-7-9-17(29-15)24-11-3-1-4-12-24)22(27)23(28)20(21)16-8-10-18(30-16)25-13-5-2-6-14-25/h7-10,19,22,27H,1-6,11-14H2/q+1. The lowest BCUT2D eigenvalue weighted by atomic mass is 10.0. The summed E-state index contributed by atoms with van der Waals surface area (Å²) in [4.78, 5) is 30.0. The Kier molecular flexibility index (Phi) is 5.69. The van der Waals surface area contributed by atoms with Crippen molar-refractivity contribution < 1.29 is 19.3 Å². The van der Waals surface area contributed by atoms with E-state index in [1.165, 1.54) is 50.3 Å². The molecule has 4 aliphatic rings. The van der Waals surface area contributed by atoms with E-state index < -0.39 is 17.8 Å². The van der Waals surface area contributed by atoms with E-state index in [2.05, 4.69) is 9.48 Å². The molecule has 158 valence electrons. The smallest absolute Gasteiger partial charge is 0.239 e. The number of hydrogen-bond acceptors (Lipinski definition) is 6. The van der Waals surface area contributed by atoms with E-state index in [1.54, 1.807) is 11.3 Å². The van der Waals surface area contributed by atoms with Gasteiger partial charge in [0.1, 0.15) is 19.2 Å². The van der Waals surface area contributed by atoms with Gasteiger partial charge < -0.3 is 10.0 Å². The minimum Gasteiger partial charge on any atom is -0.384 e. The number of thioether (sulfide) groups is 1. The van der Waals surface area contributed by atoms with E-state index in [-0.39, 0.29) is 11.4 Å². The molecule has 1 N–H and O–H groups in total. The average Bonchev–Trinajstić information content (AvgIpc) is 3.49. The maximum Gasteiger partial charge on any atom is 0.239 e. The summed E-state index contributed by atoms with van der Waals surface area (Å²) in [6, 6.07) is 3.96. The Morgan fingerprint density at radius 1 is 0.933 bits per heavy atom. The van der Waals surface area contributed by atoms with E-state index in [0.29, 0.717) is 4.91 Å². The molecule has 3 aliphatic heterocycles. The van der Waals surface area contributed by atoms with Crippen LogP contribution in [0.25, 0.3) is 0 Å². The van der Waals surface area contributed by atoms with Crippen molar-refractivity contribution >= 4 is 44.7 Å². The van der Waals surface area contributed by atoms with Gasteiger partial charge in [-0.3, -0.25) is 9.59 Å². The molecule has 0 aromatic carbocycles. The van der Waals surface area contributed by atoms with Crippen molar-refractivity contribution in [2.45, 2.75) is 50.5 Å². The number of allylic oxidation sites excluding steroid dienone is 1. The fourth-order valence-electron chi connectivity index (χ4n) is 4.79. The number of thiophene rings is 1. The monoisotopic (exact) mass is 443 g/mol. The third-order valence-electron chi connectivity index (χ3n) is 6.45. The van der Waals surface area contributed by atoms with E-state index in [0.717, 1.165) is 41.1 Å². The molecule has 5 rings (SSSR count). The minimum atomic E-state index is -1.28. The van der Waals surface area contributed by atoms with Crippen molar-refractivity contribution in [3.05, 3.63) is 39.6 Å². The second kappa shape index (κ2) is 8.44. The van der Waals surface area contributed by atoms with Crippen LogP contribution in [0.1, 0.15) is 49.3 Å². The highest BCUT2D eigenvalue weighted by atomic mass is 32.2. The number of hydrogen-bond donors (Lipinski definition) is 1. The molecule has 0 bridgehead atoms. The molecule has 2 unspecified atom stereocenters. The number of carbonyl (C=O) groups excluding carboxylic acids is 2. The number of anilines is 1. The summed E-state index contributed by atoms with van der Waals surface area (Å²) in [5, 5.41) is 12.9. The Balaban J connectivity index is 1.40. The Morgan fingerprint density at radius 3 is 2.43 bits per heavy atom. The lowest BCUT2D eigenvalue weighted by Crippen LogP contribution is -2.28. The highest BCUT2D eigenvalue weighted by molar-refractivity contribution is 8.18. The predicted molar refractivity (Wildman–Crippen MR) is 122 cm³/mol. The van der Waals surface area contributed by atoms with E-state index in [1.807, 2.05) is 24.3 Å². The van der Waals surface area contributed by atoms with Gasteiger partial charge in [-0.15, -0.1) is 11.3 Å². The van der Waals surface area contributed by atoms with Crippen LogP contribution in [-0.4, -0.2) is 58.6 Å². The number of carbonyl (C=O) groups is 2. The molecular formula is C23H27N2O3S2+. The molecule has 7 heteroatoms. The third kappa shape index (κ3) is 3.61. The van der Waals surface area contributed by atoms with E-state index in [9.17, 15) is 14.7 Å². The van der Waals surface area contributed by atoms with Crippen LogP contribution in [-0.2, 0) is 9.59 Å². The fraction of sp³-hybridized carbons (Fsp3) is 0.522. The molecule has 2 saturated heterocycles. The molecule has 1 aromatic heterocycles. The number of aliphatic hydroxyl groups is 1. The number of Topliss-reactive ketones (excluding diaryl/α,β-unsaturated/α-hetero) is 2. The fourth-order valence-corrected chi connectivity index (χ4v) is 7.09. The molecule has 5 nitrogen and oxygen atoms in total. The molecular weight excluding hydrogens is 416 g/mol. The zero-order chi connectivity index (χ0) is 20.7. The topological polar surface area (TPSA) is 60.6 Å². The first-order chi connectivity index (χ1) is 14.6. The number of rotatable bonds is 2. The lowest BCUT2D eigenvalue weighted by Gasteiger charge is -2.27. The predicted octanol–water partition coefficient (Wildman–Crippen LogP) is 3.49. The zero-order valence-corrected chi connectivity index (χ0v) is 18.6. The minimum absolute atomic E-state index is 0.189. The first kappa shape index (κ1) is 20.2. The summed E-state index contributed by atoms with van der Waals surface area (Å²) < 4.78 is 2.33. The Bertz CT molecular complexity index is 961. The summed E-state index contributed by atoms with van der Waals surface area (Å²) >= 11 is 3.05. The molecule has 1 saturated carbocycles. The highest BCUT2D eigenvalue weighted by Crippen LogP contribution is 2.43. The van der Waals surface area contributed by atoms with Crippen molar-refractivity contribution in [2.75, 3.05) is 31.1 Å². The van der Waals surface area contributed by atoms with Crippen LogP contribution in [0.5, 0.6) is 0 Å². The normalized spacial score (nSPS) is 30.1.